The lowest BCUT2D eigenvalue weighted by Gasteiger charge is -2.33. The fraction of sp³-hybridized carbons (Fsp3) is 0.538. The van der Waals surface area contributed by atoms with Gasteiger partial charge in [0.2, 0.25) is 5.89 Å². The summed E-state index contributed by atoms with van der Waals surface area (Å²) in [6.07, 6.45) is 1.10. The van der Waals surface area contributed by atoms with Crippen LogP contribution < -0.4 is 5.73 Å². The van der Waals surface area contributed by atoms with Crippen LogP contribution in [-0.2, 0) is 6.54 Å². The van der Waals surface area contributed by atoms with Gasteiger partial charge in [0.25, 0.3) is 5.89 Å². The molecule has 0 spiro atoms. The number of nitrogens with two attached hydrogens (primary N) is 1. The molecule has 0 amide bonds. The topological polar surface area (TPSA) is 68.2 Å². The van der Waals surface area contributed by atoms with Gasteiger partial charge in [-0.2, -0.15) is 0 Å². The zero-order chi connectivity index (χ0) is 13.2. The second-order valence-corrected chi connectivity index (χ2v) is 6.22. The van der Waals surface area contributed by atoms with Gasteiger partial charge in [0.15, 0.2) is 0 Å². The van der Waals surface area contributed by atoms with Gasteiger partial charge < -0.3 is 10.2 Å². The Bertz CT molecular complexity index is 514. The van der Waals surface area contributed by atoms with Crippen molar-refractivity contribution >= 4 is 11.3 Å². The van der Waals surface area contributed by atoms with Gasteiger partial charge in [-0.1, -0.05) is 13.0 Å². The van der Waals surface area contributed by atoms with Crippen molar-refractivity contribution in [2.24, 2.45) is 11.7 Å². The van der Waals surface area contributed by atoms with Crippen molar-refractivity contribution in [3.05, 3.63) is 23.4 Å². The highest BCUT2D eigenvalue weighted by atomic mass is 32.1. The van der Waals surface area contributed by atoms with Crippen LogP contribution in [0.25, 0.3) is 10.8 Å². The molecule has 2 aromatic heterocycles. The number of hydrogen-bond donors (Lipinski definition) is 1. The van der Waals surface area contributed by atoms with Gasteiger partial charge in [-0.3, -0.25) is 4.90 Å². The fourth-order valence-electron chi connectivity index (χ4n) is 2.65. The molecule has 2 atom stereocenters. The van der Waals surface area contributed by atoms with E-state index in [0.717, 1.165) is 24.4 Å². The number of aromatic nitrogens is 2. The van der Waals surface area contributed by atoms with Gasteiger partial charge in [-0.15, -0.1) is 21.5 Å². The summed E-state index contributed by atoms with van der Waals surface area (Å²) in [5.74, 6) is 1.91. The summed E-state index contributed by atoms with van der Waals surface area (Å²) in [4.78, 5) is 3.31. The Labute approximate surface area is 116 Å². The highest BCUT2D eigenvalue weighted by molar-refractivity contribution is 7.13. The number of likely N-dealkylation sites (tertiary alicyclic amines) is 1. The van der Waals surface area contributed by atoms with E-state index in [4.69, 9.17) is 10.2 Å². The average molecular weight is 278 g/mol. The number of hydrogen-bond acceptors (Lipinski definition) is 6. The molecule has 1 saturated heterocycles. The molecule has 2 N–H and O–H groups in total. The van der Waals surface area contributed by atoms with Crippen LogP contribution in [0.5, 0.6) is 0 Å². The van der Waals surface area contributed by atoms with Crippen LogP contribution in [0.3, 0.4) is 0 Å². The molecule has 6 heteroatoms. The number of rotatable bonds is 3. The lowest BCUT2D eigenvalue weighted by atomic mass is 9.97. The van der Waals surface area contributed by atoms with Crippen molar-refractivity contribution in [1.82, 2.24) is 15.1 Å². The Morgan fingerprint density at radius 1 is 1.47 bits per heavy atom. The predicted octanol–water partition coefficient (Wildman–Crippen LogP) is 1.97. The summed E-state index contributed by atoms with van der Waals surface area (Å²) >= 11 is 1.61. The standard InChI is InChI=1S/C13H18N4OS/c1-9-5-10(14)7-17(6-9)8-12-15-16-13(18-12)11-3-2-4-19-11/h2-4,9-10H,5-8,14H2,1H3. The van der Waals surface area contributed by atoms with Gasteiger partial charge in [0.1, 0.15) is 0 Å². The Hall–Kier alpha value is -1.24. The monoisotopic (exact) mass is 278 g/mol. The van der Waals surface area contributed by atoms with Crippen molar-refractivity contribution in [2.45, 2.75) is 25.9 Å². The molecular formula is C13H18N4OS. The zero-order valence-corrected chi connectivity index (χ0v) is 11.8. The fourth-order valence-corrected chi connectivity index (χ4v) is 3.29. The maximum Gasteiger partial charge on any atom is 0.257 e. The number of nitrogens with zero attached hydrogens (tertiary/aromatic N) is 3. The number of thiophene rings is 1. The Morgan fingerprint density at radius 2 is 2.37 bits per heavy atom. The Balaban J connectivity index is 1.67. The molecule has 0 aliphatic carbocycles. The van der Waals surface area contributed by atoms with Crippen molar-refractivity contribution in [3.8, 4) is 10.8 Å². The number of piperidine rings is 1. The second-order valence-electron chi connectivity index (χ2n) is 5.27. The summed E-state index contributed by atoms with van der Waals surface area (Å²) in [5.41, 5.74) is 6.04. The van der Waals surface area contributed by atoms with Crippen LogP contribution in [0.2, 0.25) is 0 Å². The summed E-state index contributed by atoms with van der Waals surface area (Å²) < 4.78 is 5.71. The van der Waals surface area contributed by atoms with E-state index in [1.165, 1.54) is 0 Å². The molecule has 0 saturated carbocycles. The SMILES string of the molecule is CC1CC(N)CN(Cc2nnc(-c3cccs3)o2)C1. The zero-order valence-electron chi connectivity index (χ0n) is 11.0. The molecule has 1 aliphatic rings. The van der Waals surface area contributed by atoms with Gasteiger partial charge in [0, 0.05) is 19.1 Å². The Morgan fingerprint density at radius 3 is 3.11 bits per heavy atom. The van der Waals surface area contributed by atoms with Gasteiger partial charge in [-0.05, 0) is 23.8 Å². The molecule has 1 aliphatic heterocycles. The van der Waals surface area contributed by atoms with E-state index in [0.29, 0.717) is 24.2 Å². The first kappa shape index (κ1) is 12.8. The van der Waals surface area contributed by atoms with Crippen molar-refractivity contribution in [3.63, 3.8) is 0 Å². The highest BCUT2D eigenvalue weighted by Crippen LogP contribution is 2.24. The van der Waals surface area contributed by atoms with Crippen LogP contribution >= 0.6 is 11.3 Å². The smallest absolute Gasteiger partial charge is 0.257 e. The van der Waals surface area contributed by atoms with Gasteiger partial charge in [0.05, 0.1) is 11.4 Å². The molecule has 0 radical (unpaired) electrons. The van der Waals surface area contributed by atoms with Gasteiger partial charge in [-0.25, -0.2) is 0 Å². The van der Waals surface area contributed by atoms with E-state index in [-0.39, 0.29) is 6.04 Å². The third-order valence-electron chi connectivity index (χ3n) is 3.33. The lowest BCUT2D eigenvalue weighted by Crippen LogP contribution is -2.45. The molecule has 0 aromatic carbocycles. The molecule has 2 aromatic rings. The van der Waals surface area contributed by atoms with Crippen molar-refractivity contribution in [2.75, 3.05) is 13.1 Å². The minimum Gasteiger partial charge on any atom is -0.419 e. The molecule has 3 heterocycles. The van der Waals surface area contributed by atoms with E-state index in [9.17, 15) is 0 Å². The van der Waals surface area contributed by atoms with E-state index in [1.54, 1.807) is 11.3 Å². The lowest BCUT2D eigenvalue weighted by molar-refractivity contribution is 0.146. The summed E-state index contributed by atoms with van der Waals surface area (Å²) in [5, 5.41) is 10.2. The average Bonchev–Trinajstić information content (AvgIpc) is 2.96. The minimum absolute atomic E-state index is 0.253. The third-order valence-corrected chi connectivity index (χ3v) is 4.18. The van der Waals surface area contributed by atoms with E-state index < -0.39 is 0 Å². The minimum atomic E-state index is 0.253. The molecule has 0 bridgehead atoms. The first-order valence-corrected chi connectivity index (χ1v) is 7.43. The van der Waals surface area contributed by atoms with Crippen LogP contribution in [0.15, 0.2) is 21.9 Å². The summed E-state index contributed by atoms with van der Waals surface area (Å²) in [6.45, 7) is 4.87. The largest absolute Gasteiger partial charge is 0.419 e. The summed E-state index contributed by atoms with van der Waals surface area (Å²) in [7, 11) is 0. The molecular weight excluding hydrogens is 260 g/mol. The molecule has 3 rings (SSSR count). The first-order chi connectivity index (χ1) is 9.20. The van der Waals surface area contributed by atoms with Crippen LogP contribution in [0.1, 0.15) is 19.2 Å². The normalized spacial score (nSPS) is 24.7. The second kappa shape index (κ2) is 5.40. The molecule has 19 heavy (non-hydrogen) atoms. The highest BCUT2D eigenvalue weighted by Gasteiger charge is 2.23. The van der Waals surface area contributed by atoms with Crippen LogP contribution in [-0.4, -0.2) is 34.2 Å². The quantitative estimate of drug-likeness (QED) is 0.929. The molecule has 2 unspecified atom stereocenters. The van der Waals surface area contributed by atoms with E-state index in [2.05, 4.69) is 22.0 Å². The van der Waals surface area contributed by atoms with Gasteiger partial charge >= 0.3 is 0 Å². The maximum absolute atomic E-state index is 6.04. The van der Waals surface area contributed by atoms with Crippen molar-refractivity contribution in [1.29, 1.82) is 0 Å². The molecule has 1 fully saturated rings. The predicted molar refractivity (Wildman–Crippen MR) is 74.6 cm³/mol. The molecule has 102 valence electrons. The maximum atomic E-state index is 6.04. The van der Waals surface area contributed by atoms with Crippen molar-refractivity contribution < 1.29 is 4.42 Å². The Kier molecular flexibility index (Phi) is 3.63. The summed E-state index contributed by atoms with van der Waals surface area (Å²) in [6, 6.07) is 4.22. The van der Waals surface area contributed by atoms with E-state index >= 15 is 0 Å². The third kappa shape index (κ3) is 3.02. The van der Waals surface area contributed by atoms with E-state index in [1.807, 2.05) is 17.5 Å². The first-order valence-electron chi connectivity index (χ1n) is 6.55. The van der Waals surface area contributed by atoms with Crippen LogP contribution in [0.4, 0.5) is 0 Å². The molecule has 5 nitrogen and oxygen atoms in total. The van der Waals surface area contributed by atoms with Crippen LogP contribution in [0, 0.1) is 5.92 Å².